The molecule has 25 heavy (non-hydrogen) atoms. The van der Waals surface area contributed by atoms with Gasteiger partial charge in [-0.25, -0.2) is 0 Å². The number of hydrogen-bond donors (Lipinski definition) is 0. The molecule has 138 valence electrons. The van der Waals surface area contributed by atoms with Crippen LogP contribution in [0.25, 0.3) is 0 Å². The maximum atomic E-state index is 12.8. The Hall–Kier alpha value is -1.79. The highest BCUT2D eigenvalue weighted by molar-refractivity contribution is 5.77. The van der Waals surface area contributed by atoms with Gasteiger partial charge in [0, 0.05) is 19.0 Å². The van der Waals surface area contributed by atoms with Crippen LogP contribution in [0.1, 0.15) is 31.2 Å². The van der Waals surface area contributed by atoms with Crippen molar-refractivity contribution in [3.63, 3.8) is 0 Å². The van der Waals surface area contributed by atoms with E-state index in [0.29, 0.717) is 26.1 Å². The number of nitrogens with zero attached hydrogens (tertiary/aromatic N) is 1. The van der Waals surface area contributed by atoms with Gasteiger partial charge in [-0.1, -0.05) is 0 Å². The summed E-state index contributed by atoms with van der Waals surface area (Å²) in [4.78, 5) is 14.8. The second-order valence-electron chi connectivity index (χ2n) is 6.48. The molecule has 1 atom stereocenters. The molecule has 2 fully saturated rings. The number of aryl methyl sites for hydroxylation is 1. The SMILES string of the molecule is COc1cc(CCC(=O)N2CCCC[C@@H]2C2OCCO2)cc(OC)c1. The summed E-state index contributed by atoms with van der Waals surface area (Å²) < 4.78 is 21.9. The number of benzene rings is 1. The number of carbonyl (C=O) groups is 1. The Kier molecular flexibility index (Phi) is 6.15. The lowest BCUT2D eigenvalue weighted by Crippen LogP contribution is -2.50. The molecule has 0 radical (unpaired) electrons. The maximum Gasteiger partial charge on any atom is 0.223 e. The minimum Gasteiger partial charge on any atom is -0.497 e. The normalized spacial score (nSPS) is 21.4. The largest absolute Gasteiger partial charge is 0.497 e. The molecule has 2 saturated heterocycles. The van der Waals surface area contributed by atoms with Crippen LogP contribution in [-0.2, 0) is 20.7 Å². The molecule has 0 aliphatic carbocycles. The zero-order valence-corrected chi connectivity index (χ0v) is 15.0. The Balaban J connectivity index is 1.62. The lowest BCUT2D eigenvalue weighted by molar-refractivity contribution is -0.150. The Morgan fingerprint density at radius 2 is 1.80 bits per heavy atom. The smallest absolute Gasteiger partial charge is 0.223 e. The number of hydrogen-bond acceptors (Lipinski definition) is 5. The summed E-state index contributed by atoms with van der Waals surface area (Å²) in [6.45, 7) is 2.02. The molecule has 0 N–H and O–H groups in total. The molecule has 1 aromatic carbocycles. The van der Waals surface area contributed by atoms with Crippen molar-refractivity contribution in [3.05, 3.63) is 23.8 Å². The third-order valence-corrected chi connectivity index (χ3v) is 4.87. The van der Waals surface area contributed by atoms with Crippen molar-refractivity contribution in [2.45, 2.75) is 44.4 Å². The van der Waals surface area contributed by atoms with Crippen LogP contribution in [0.2, 0.25) is 0 Å². The highest BCUT2D eigenvalue weighted by Crippen LogP contribution is 2.26. The van der Waals surface area contributed by atoms with Gasteiger partial charge in [-0.3, -0.25) is 4.79 Å². The number of carbonyl (C=O) groups excluding carboxylic acids is 1. The van der Waals surface area contributed by atoms with E-state index in [2.05, 4.69) is 0 Å². The molecule has 6 heteroatoms. The fraction of sp³-hybridized carbons (Fsp3) is 0.632. The van der Waals surface area contributed by atoms with E-state index in [1.54, 1.807) is 14.2 Å². The minimum atomic E-state index is -0.263. The summed E-state index contributed by atoms with van der Waals surface area (Å²) >= 11 is 0. The minimum absolute atomic E-state index is 0.0450. The second-order valence-corrected chi connectivity index (χ2v) is 6.48. The Morgan fingerprint density at radius 1 is 1.12 bits per heavy atom. The fourth-order valence-corrected chi connectivity index (χ4v) is 3.55. The van der Waals surface area contributed by atoms with E-state index in [1.165, 1.54) is 0 Å². The molecule has 1 amide bonds. The number of likely N-dealkylation sites (tertiary alicyclic amines) is 1. The molecule has 6 nitrogen and oxygen atoms in total. The van der Waals surface area contributed by atoms with Gasteiger partial charge in [0.15, 0.2) is 6.29 Å². The molecule has 2 aliphatic heterocycles. The van der Waals surface area contributed by atoms with E-state index in [-0.39, 0.29) is 18.2 Å². The number of amides is 1. The van der Waals surface area contributed by atoms with Gasteiger partial charge >= 0.3 is 0 Å². The molecule has 2 aliphatic rings. The van der Waals surface area contributed by atoms with Crippen molar-refractivity contribution in [2.24, 2.45) is 0 Å². The summed E-state index contributed by atoms with van der Waals surface area (Å²) in [6.07, 6.45) is 3.96. The summed E-state index contributed by atoms with van der Waals surface area (Å²) in [5.74, 6) is 1.64. The van der Waals surface area contributed by atoms with Crippen molar-refractivity contribution in [3.8, 4) is 11.5 Å². The van der Waals surface area contributed by atoms with E-state index in [4.69, 9.17) is 18.9 Å². The Bertz CT molecular complexity index is 563. The molecule has 0 unspecified atom stereocenters. The van der Waals surface area contributed by atoms with E-state index >= 15 is 0 Å². The molecule has 0 aromatic heterocycles. The third kappa shape index (κ3) is 4.44. The standard InChI is InChI=1S/C19H27NO5/c1-22-15-11-14(12-16(13-15)23-2)6-7-18(21)20-8-4-3-5-17(20)19-24-9-10-25-19/h11-13,17,19H,3-10H2,1-2H3/t17-/m1/s1. The highest BCUT2D eigenvalue weighted by Gasteiger charge is 2.35. The first-order valence-corrected chi connectivity index (χ1v) is 8.96. The van der Waals surface area contributed by atoms with Crippen molar-refractivity contribution in [1.29, 1.82) is 0 Å². The average Bonchev–Trinajstić information content (AvgIpc) is 3.20. The first-order chi connectivity index (χ1) is 12.2. The lowest BCUT2D eigenvalue weighted by atomic mass is 10.00. The van der Waals surface area contributed by atoms with Gasteiger partial charge < -0.3 is 23.8 Å². The van der Waals surface area contributed by atoms with Crippen molar-refractivity contribution in [2.75, 3.05) is 34.0 Å². The molecule has 0 saturated carbocycles. The summed E-state index contributed by atoms with van der Waals surface area (Å²) in [7, 11) is 3.26. The van der Waals surface area contributed by atoms with Crippen LogP contribution in [0.15, 0.2) is 18.2 Å². The summed E-state index contributed by atoms with van der Waals surface area (Å²) in [5.41, 5.74) is 1.03. The van der Waals surface area contributed by atoms with Crippen molar-refractivity contribution < 1.29 is 23.7 Å². The van der Waals surface area contributed by atoms with Gasteiger partial charge in [0.2, 0.25) is 5.91 Å². The summed E-state index contributed by atoms with van der Waals surface area (Å²) in [6, 6.07) is 5.78. The number of rotatable bonds is 6. The van der Waals surface area contributed by atoms with Crippen LogP contribution >= 0.6 is 0 Å². The average molecular weight is 349 g/mol. The number of piperidine rings is 1. The predicted octanol–water partition coefficient (Wildman–Crippen LogP) is 2.39. The maximum absolute atomic E-state index is 12.8. The van der Waals surface area contributed by atoms with E-state index in [0.717, 1.165) is 42.9 Å². The van der Waals surface area contributed by atoms with Gasteiger partial charge in [-0.15, -0.1) is 0 Å². The highest BCUT2D eigenvalue weighted by atomic mass is 16.7. The Morgan fingerprint density at radius 3 is 2.44 bits per heavy atom. The molecular formula is C19H27NO5. The molecule has 2 heterocycles. The molecule has 0 spiro atoms. The topological polar surface area (TPSA) is 57.2 Å². The fourth-order valence-electron chi connectivity index (χ4n) is 3.55. The number of methoxy groups -OCH3 is 2. The number of ether oxygens (including phenoxy) is 4. The van der Waals surface area contributed by atoms with Gasteiger partial charge in [0.1, 0.15) is 11.5 Å². The van der Waals surface area contributed by atoms with Gasteiger partial charge in [0.05, 0.1) is 33.5 Å². The van der Waals surface area contributed by atoms with Gasteiger partial charge in [-0.2, -0.15) is 0 Å². The van der Waals surface area contributed by atoms with Crippen LogP contribution in [0.4, 0.5) is 0 Å². The molecule has 1 aromatic rings. The Labute approximate surface area is 149 Å². The van der Waals surface area contributed by atoms with E-state index in [9.17, 15) is 4.79 Å². The quantitative estimate of drug-likeness (QED) is 0.789. The van der Waals surface area contributed by atoms with Gasteiger partial charge in [0.25, 0.3) is 0 Å². The predicted molar refractivity (Wildman–Crippen MR) is 92.9 cm³/mol. The van der Waals surface area contributed by atoms with Crippen LogP contribution in [0.5, 0.6) is 11.5 Å². The van der Waals surface area contributed by atoms with E-state index in [1.807, 2.05) is 23.1 Å². The molecular weight excluding hydrogens is 322 g/mol. The van der Waals surface area contributed by atoms with Crippen LogP contribution < -0.4 is 9.47 Å². The van der Waals surface area contributed by atoms with Crippen LogP contribution in [0, 0.1) is 0 Å². The molecule has 3 rings (SSSR count). The monoisotopic (exact) mass is 349 g/mol. The third-order valence-electron chi connectivity index (χ3n) is 4.87. The first kappa shape index (κ1) is 18.0. The van der Waals surface area contributed by atoms with Crippen molar-refractivity contribution >= 4 is 5.91 Å². The second kappa shape index (κ2) is 8.54. The van der Waals surface area contributed by atoms with Crippen molar-refractivity contribution in [1.82, 2.24) is 4.90 Å². The van der Waals surface area contributed by atoms with Crippen LogP contribution in [0.3, 0.4) is 0 Å². The zero-order valence-electron chi connectivity index (χ0n) is 15.0. The first-order valence-electron chi connectivity index (χ1n) is 8.96. The van der Waals surface area contributed by atoms with Gasteiger partial charge in [-0.05, 0) is 43.4 Å². The van der Waals surface area contributed by atoms with E-state index < -0.39 is 0 Å². The summed E-state index contributed by atoms with van der Waals surface area (Å²) in [5, 5.41) is 0. The van der Waals surface area contributed by atoms with Crippen LogP contribution in [-0.4, -0.2) is 57.1 Å². The zero-order chi connectivity index (χ0) is 17.6. The lowest BCUT2D eigenvalue weighted by Gasteiger charge is -2.38. The molecule has 0 bridgehead atoms.